The maximum absolute atomic E-state index is 12.9. The summed E-state index contributed by atoms with van der Waals surface area (Å²) in [4.78, 5) is 0.364. The van der Waals surface area contributed by atoms with Crippen molar-refractivity contribution in [2.45, 2.75) is 51.9 Å². The number of rotatable bonds is 4. The van der Waals surface area contributed by atoms with Crippen LogP contribution in [0.5, 0.6) is 0 Å². The zero-order chi connectivity index (χ0) is 15.8. The van der Waals surface area contributed by atoms with Crippen LogP contribution in [-0.4, -0.2) is 25.8 Å². The van der Waals surface area contributed by atoms with E-state index in [9.17, 15) is 8.42 Å². The third kappa shape index (κ3) is 2.81. The van der Waals surface area contributed by atoms with Crippen molar-refractivity contribution >= 4 is 15.7 Å². The van der Waals surface area contributed by atoms with Crippen LogP contribution in [0.2, 0.25) is 0 Å². The molecule has 21 heavy (non-hydrogen) atoms. The molecule has 0 radical (unpaired) electrons. The second-order valence-electron chi connectivity index (χ2n) is 6.26. The predicted molar refractivity (Wildman–Crippen MR) is 86.7 cm³/mol. The number of anilines is 1. The molecule has 0 atom stereocenters. The zero-order valence-electron chi connectivity index (χ0n) is 13.4. The SMILES string of the molecule is CCC1(CC)CCN(S(=O)(=O)c2cc(N)cc(C)c2C)C1. The van der Waals surface area contributed by atoms with Gasteiger partial charge in [0.2, 0.25) is 10.0 Å². The van der Waals surface area contributed by atoms with E-state index in [0.717, 1.165) is 30.4 Å². The van der Waals surface area contributed by atoms with Gasteiger partial charge in [-0.2, -0.15) is 4.31 Å². The average molecular weight is 310 g/mol. The third-order valence-corrected chi connectivity index (χ3v) is 7.13. The second kappa shape index (κ2) is 5.61. The van der Waals surface area contributed by atoms with Crippen LogP contribution in [0.25, 0.3) is 0 Å². The highest BCUT2D eigenvalue weighted by Crippen LogP contribution is 2.40. The van der Waals surface area contributed by atoms with Gasteiger partial charge in [-0.15, -0.1) is 0 Å². The van der Waals surface area contributed by atoms with Crippen molar-refractivity contribution in [3.8, 4) is 0 Å². The minimum absolute atomic E-state index is 0.135. The van der Waals surface area contributed by atoms with Crippen molar-refractivity contribution in [3.05, 3.63) is 23.3 Å². The van der Waals surface area contributed by atoms with E-state index in [1.54, 1.807) is 10.4 Å². The van der Waals surface area contributed by atoms with Gasteiger partial charge in [0, 0.05) is 18.8 Å². The second-order valence-corrected chi connectivity index (χ2v) is 8.16. The summed E-state index contributed by atoms with van der Waals surface area (Å²) in [7, 11) is -3.45. The van der Waals surface area contributed by atoms with Gasteiger partial charge in [0.1, 0.15) is 0 Å². The topological polar surface area (TPSA) is 63.4 Å². The Bertz CT molecular complexity index is 634. The first-order chi connectivity index (χ1) is 9.75. The van der Waals surface area contributed by atoms with E-state index in [1.807, 2.05) is 19.9 Å². The Kier molecular flexibility index (Phi) is 4.36. The summed E-state index contributed by atoms with van der Waals surface area (Å²) in [5, 5.41) is 0. The van der Waals surface area contributed by atoms with E-state index in [4.69, 9.17) is 5.73 Å². The fourth-order valence-corrected chi connectivity index (χ4v) is 5.07. The number of nitrogens with two attached hydrogens (primary N) is 1. The highest BCUT2D eigenvalue weighted by atomic mass is 32.2. The molecule has 0 saturated carbocycles. The van der Waals surface area contributed by atoms with Crippen LogP contribution >= 0.6 is 0 Å². The van der Waals surface area contributed by atoms with Gasteiger partial charge in [-0.25, -0.2) is 8.42 Å². The Morgan fingerprint density at radius 3 is 2.38 bits per heavy atom. The molecule has 1 aliphatic heterocycles. The Morgan fingerprint density at radius 2 is 1.86 bits per heavy atom. The molecule has 0 aliphatic carbocycles. The summed E-state index contributed by atoms with van der Waals surface area (Å²) in [5.41, 5.74) is 8.21. The number of sulfonamides is 1. The van der Waals surface area contributed by atoms with Crippen molar-refractivity contribution in [1.29, 1.82) is 0 Å². The first kappa shape index (κ1) is 16.3. The Morgan fingerprint density at radius 1 is 1.24 bits per heavy atom. The van der Waals surface area contributed by atoms with Crippen LogP contribution in [0.4, 0.5) is 5.69 Å². The van der Waals surface area contributed by atoms with Gasteiger partial charge in [-0.05, 0) is 61.8 Å². The van der Waals surface area contributed by atoms with Crippen LogP contribution in [0.15, 0.2) is 17.0 Å². The van der Waals surface area contributed by atoms with Crippen molar-refractivity contribution < 1.29 is 8.42 Å². The summed E-state index contributed by atoms with van der Waals surface area (Å²) < 4.78 is 27.5. The van der Waals surface area contributed by atoms with Crippen LogP contribution < -0.4 is 5.73 Å². The molecule has 1 aliphatic rings. The molecular weight excluding hydrogens is 284 g/mol. The first-order valence-electron chi connectivity index (χ1n) is 7.62. The molecule has 0 amide bonds. The van der Waals surface area contributed by atoms with Gasteiger partial charge >= 0.3 is 0 Å². The number of benzene rings is 1. The van der Waals surface area contributed by atoms with Gasteiger partial charge in [0.25, 0.3) is 0 Å². The molecule has 2 rings (SSSR count). The van der Waals surface area contributed by atoms with Crippen molar-refractivity contribution in [1.82, 2.24) is 4.31 Å². The van der Waals surface area contributed by atoms with Crippen LogP contribution in [0, 0.1) is 19.3 Å². The lowest BCUT2D eigenvalue weighted by Gasteiger charge is -2.26. The van der Waals surface area contributed by atoms with E-state index in [0.29, 0.717) is 23.7 Å². The van der Waals surface area contributed by atoms with E-state index in [1.165, 1.54) is 0 Å². The van der Waals surface area contributed by atoms with Crippen molar-refractivity contribution in [2.75, 3.05) is 18.8 Å². The minimum atomic E-state index is -3.45. The summed E-state index contributed by atoms with van der Waals surface area (Å²) in [6, 6.07) is 3.41. The van der Waals surface area contributed by atoms with E-state index in [-0.39, 0.29) is 5.41 Å². The van der Waals surface area contributed by atoms with Gasteiger partial charge in [0.15, 0.2) is 0 Å². The molecule has 0 spiro atoms. The fourth-order valence-electron chi connectivity index (χ4n) is 3.19. The van der Waals surface area contributed by atoms with E-state index in [2.05, 4.69) is 13.8 Å². The molecular formula is C16H26N2O2S. The normalized spacial score (nSPS) is 19.0. The average Bonchev–Trinajstić information content (AvgIpc) is 2.88. The smallest absolute Gasteiger partial charge is 0.243 e. The van der Waals surface area contributed by atoms with Gasteiger partial charge < -0.3 is 5.73 Å². The number of nitrogen functional groups attached to an aromatic ring is 1. The zero-order valence-corrected chi connectivity index (χ0v) is 14.3. The lowest BCUT2D eigenvalue weighted by atomic mass is 9.82. The molecule has 5 heteroatoms. The first-order valence-corrected chi connectivity index (χ1v) is 9.06. The molecule has 0 bridgehead atoms. The summed E-state index contributed by atoms with van der Waals surface area (Å²) in [6.45, 7) is 9.28. The summed E-state index contributed by atoms with van der Waals surface area (Å²) >= 11 is 0. The van der Waals surface area contributed by atoms with Crippen molar-refractivity contribution in [3.63, 3.8) is 0 Å². The van der Waals surface area contributed by atoms with Crippen molar-refractivity contribution in [2.24, 2.45) is 5.41 Å². The highest BCUT2D eigenvalue weighted by molar-refractivity contribution is 7.89. The minimum Gasteiger partial charge on any atom is -0.399 e. The van der Waals surface area contributed by atoms with E-state index >= 15 is 0 Å². The molecule has 1 aromatic rings. The molecule has 0 unspecified atom stereocenters. The number of nitrogens with zero attached hydrogens (tertiary/aromatic N) is 1. The van der Waals surface area contributed by atoms with E-state index < -0.39 is 10.0 Å². The van der Waals surface area contributed by atoms with Crippen LogP contribution in [0.1, 0.15) is 44.2 Å². The molecule has 1 aromatic carbocycles. The standard InChI is InChI=1S/C16H26N2O2S/c1-5-16(6-2)7-8-18(11-16)21(19,20)15-10-14(17)9-12(3)13(15)4/h9-10H,5-8,11,17H2,1-4H3. The quantitative estimate of drug-likeness (QED) is 0.869. The highest BCUT2D eigenvalue weighted by Gasteiger charge is 2.41. The molecule has 0 aromatic heterocycles. The maximum atomic E-state index is 12.9. The monoisotopic (exact) mass is 310 g/mol. The van der Waals surface area contributed by atoms with Crippen LogP contribution in [-0.2, 0) is 10.0 Å². The largest absolute Gasteiger partial charge is 0.399 e. The maximum Gasteiger partial charge on any atom is 0.243 e. The number of hydrogen-bond acceptors (Lipinski definition) is 3. The molecule has 1 heterocycles. The summed E-state index contributed by atoms with van der Waals surface area (Å²) in [5.74, 6) is 0. The molecule has 118 valence electrons. The molecule has 1 fully saturated rings. The lowest BCUT2D eigenvalue weighted by Crippen LogP contribution is -2.32. The van der Waals surface area contributed by atoms with Gasteiger partial charge in [-0.1, -0.05) is 13.8 Å². The van der Waals surface area contributed by atoms with Gasteiger partial charge in [-0.3, -0.25) is 0 Å². The lowest BCUT2D eigenvalue weighted by molar-refractivity contribution is 0.279. The Balaban J connectivity index is 2.41. The van der Waals surface area contributed by atoms with Gasteiger partial charge in [0.05, 0.1) is 4.90 Å². The Labute approximate surface area is 128 Å². The fraction of sp³-hybridized carbons (Fsp3) is 0.625. The molecule has 4 nitrogen and oxygen atoms in total. The van der Waals surface area contributed by atoms with Crippen LogP contribution in [0.3, 0.4) is 0 Å². The third-order valence-electron chi connectivity index (χ3n) is 5.16. The number of aryl methyl sites for hydroxylation is 1. The summed E-state index contributed by atoms with van der Waals surface area (Å²) in [6.07, 6.45) is 2.98. The molecule has 1 saturated heterocycles. The predicted octanol–water partition coefficient (Wildman–Crippen LogP) is 3.09. The Hall–Kier alpha value is -1.07. The molecule has 2 N–H and O–H groups in total. The number of hydrogen-bond donors (Lipinski definition) is 1.